The minimum absolute atomic E-state index is 0.0632. The third-order valence-corrected chi connectivity index (χ3v) is 11.0. The van der Waals surface area contributed by atoms with Crippen LogP contribution >= 0.6 is 7.82 Å². The van der Waals surface area contributed by atoms with Crippen molar-refractivity contribution in [3.05, 3.63) is 120 Å². The molecule has 3 aromatic carbocycles. The van der Waals surface area contributed by atoms with Crippen LogP contribution in [0.5, 0.6) is 17.4 Å². The molecule has 0 amide bonds. The molecule has 8 rings (SSSR count). The number of phosphoric ester groups is 1. The van der Waals surface area contributed by atoms with Gasteiger partial charge in [-0.25, -0.2) is 29.5 Å². The predicted octanol–water partition coefficient (Wildman–Crippen LogP) is 2.48. The first-order valence-corrected chi connectivity index (χ1v) is 22.2. The monoisotopic (exact) mass is 912 g/mol. The van der Waals surface area contributed by atoms with E-state index in [0.717, 1.165) is 5.56 Å². The molecule has 4 aromatic heterocycles. The fourth-order valence-electron chi connectivity index (χ4n) is 6.63. The third-order valence-electron chi connectivity index (χ3n) is 9.36. The van der Waals surface area contributed by atoms with E-state index in [4.69, 9.17) is 38.6 Å². The number of nitrogens with two attached hydrogens (primary N) is 1. The van der Waals surface area contributed by atoms with E-state index in [1.807, 2.05) is 30.3 Å². The second kappa shape index (κ2) is 16.6. The van der Waals surface area contributed by atoms with E-state index in [9.17, 15) is 36.5 Å². The standard InChI is InChI=1S/C36H33N8O15PS2/c37-32-29-34(39-18-38-32)44(19-40-29)36-31(46)30(45)28(56-36)17-55-60(47,48)57-35-26(15-21-6-10-23(11-7-21)58-61(49,50)51)42-33-25(14-20-4-2-1-3-5-20)41-27(16-43(33)35)22-8-12-24(13-9-22)59-62(52,53)54/h1-13,16,18-19,28,30-31,36,45-46H,14-15,17H2,(H,47,48)(H2,37,38,39)(H,49,50,51)(H,52,53,54)/t28-,30-,31-,36-/m1/s1. The highest BCUT2D eigenvalue weighted by Gasteiger charge is 2.46. The number of imidazole rings is 2. The lowest BCUT2D eigenvalue weighted by molar-refractivity contribution is -0.0501. The van der Waals surface area contributed by atoms with Gasteiger partial charge in [0.1, 0.15) is 47.3 Å². The Morgan fingerprint density at radius 3 is 2.06 bits per heavy atom. The molecule has 62 heavy (non-hydrogen) atoms. The minimum Gasteiger partial charge on any atom is -0.387 e. The summed E-state index contributed by atoms with van der Waals surface area (Å²) in [5, 5.41) is 21.8. The van der Waals surface area contributed by atoms with Gasteiger partial charge in [-0.1, -0.05) is 42.5 Å². The number of hydrogen-bond donors (Lipinski definition) is 6. The zero-order valence-electron chi connectivity index (χ0n) is 31.5. The van der Waals surface area contributed by atoms with Crippen molar-refractivity contribution >= 4 is 51.2 Å². The second-order valence-electron chi connectivity index (χ2n) is 13.6. The van der Waals surface area contributed by atoms with Crippen molar-refractivity contribution in [3.63, 3.8) is 0 Å². The lowest BCUT2D eigenvalue weighted by atomic mass is 10.1. The van der Waals surface area contributed by atoms with Crippen LogP contribution in [0.15, 0.2) is 97.7 Å². The van der Waals surface area contributed by atoms with Crippen LogP contribution in [0.2, 0.25) is 0 Å². The quantitative estimate of drug-likeness (QED) is 0.0635. The zero-order chi connectivity index (χ0) is 44.0. The highest BCUT2D eigenvalue weighted by Crippen LogP contribution is 2.47. The number of benzene rings is 3. The number of ether oxygens (including phenoxy) is 1. The van der Waals surface area contributed by atoms with Crippen LogP contribution in [0.3, 0.4) is 0 Å². The van der Waals surface area contributed by atoms with Crippen LogP contribution in [0, 0.1) is 0 Å². The second-order valence-corrected chi connectivity index (χ2v) is 17.1. The summed E-state index contributed by atoms with van der Waals surface area (Å²) in [5.41, 5.74) is 8.82. The molecule has 1 fully saturated rings. The number of fused-ring (bicyclic) bond motifs is 2. The van der Waals surface area contributed by atoms with Gasteiger partial charge in [0.15, 0.2) is 23.3 Å². The van der Waals surface area contributed by atoms with Crippen LogP contribution in [0.1, 0.15) is 28.7 Å². The molecule has 23 nitrogen and oxygen atoms in total. The number of anilines is 1. The van der Waals surface area contributed by atoms with Crippen LogP contribution in [-0.2, 0) is 47.5 Å². The van der Waals surface area contributed by atoms with Gasteiger partial charge in [0, 0.05) is 24.6 Å². The summed E-state index contributed by atoms with van der Waals surface area (Å²) in [4.78, 5) is 33.0. The van der Waals surface area contributed by atoms with E-state index in [1.165, 1.54) is 76.4 Å². The topological polar surface area (TPSA) is 332 Å². The number of aromatic nitrogens is 7. The van der Waals surface area contributed by atoms with Crippen molar-refractivity contribution in [2.45, 2.75) is 37.4 Å². The van der Waals surface area contributed by atoms with E-state index in [0.29, 0.717) is 16.8 Å². The van der Waals surface area contributed by atoms with Gasteiger partial charge in [-0.15, -0.1) is 0 Å². The molecule has 0 saturated carbocycles. The van der Waals surface area contributed by atoms with Crippen molar-refractivity contribution in [1.29, 1.82) is 0 Å². The molecule has 7 N–H and O–H groups in total. The molecule has 5 atom stereocenters. The first-order valence-electron chi connectivity index (χ1n) is 18.0. The molecule has 324 valence electrons. The van der Waals surface area contributed by atoms with E-state index >= 15 is 0 Å². The van der Waals surface area contributed by atoms with Gasteiger partial charge in [0.25, 0.3) is 0 Å². The Balaban J connectivity index is 1.15. The number of hydrogen-bond acceptors (Lipinski definition) is 18. The van der Waals surface area contributed by atoms with Gasteiger partial charge in [-0.3, -0.25) is 27.5 Å². The zero-order valence-corrected chi connectivity index (χ0v) is 34.0. The molecule has 0 radical (unpaired) electrons. The largest absolute Gasteiger partial charge is 0.528 e. The number of aliphatic hydroxyl groups excluding tert-OH is 2. The fraction of sp³-hybridized carbons (Fsp3) is 0.194. The number of rotatable bonds is 15. The molecule has 0 spiro atoms. The molecule has 7 aromatic rings. The highest BCUT2D eigenvalue weighted by atomic mass is 32.3. The first kappa shape index (κ1) is 42.6. The fourth-order valence-corrected chi connectivity index (χ4v) is 8.14. The molecule has 26 heteroatoms. The highest BCUT2D eigenvalue weighted by molar-refractivity contribution is 7.81. The first-order chi connectivity index (χ1) is 29.4. The summed E-state index contributed by atoms with van der Waals surface area (Å²) in [5.74, 6) is -0.644. The summed E-state index contributed by atoms with van der Waals surface area (Å²) < 4.78 is 106. The normalized spacial score (nSPS) is 19.1. The average molecular weight is 913 g/mol. The minimum atomic E-state index is -5.19. The van der Waals surface area contributed by atoms with Gasteiger partial charge in [-0.05, 0) is 47.5 Å². The van der Waals surface area contributed by atoms with Crippen LogP contribution in [0.25, 0.3) is 28.1 Å². The predicted molar refractivity (Wildman–Crippen MR) is 213 cm³/mol. The summed E-state index contributed by atoms with van der Waals surface area (Å²) in [7, 11) is -14.8. The Bertz CT molecular complexity index is 3050. The average Bonchev–Trinajstić information content (AvgIpc) is 3.88. The van der Waals surface area contributed by atoms with E-state index in [2.05, 4.69) is 23.3 Å². The number of nitrogen functional groups attached to an aromatic ring is 1. The number of nitrogens with zero attached hydrogens (tertiary/aromatic N) is 7. The Morgan fingerprint density at radius 2 is 1.40 bits per heavy atom. The van der Waals surface area contributed by atoms with Crippen molar-refractivity contribution in [3.8, 4) is 28.6 Å². The summed E-state index contributed by atoms with van der Waals surface area (Å²) >= 11 is 0. The van der Waals surface area contributed by atoms with E-state index in [-0.39, 0.29) is 64.2 Å². The molecular weight excluding hydrogens is 880 g/mol. The van der Waals surface area contributed by atoms with Crippen LogP contribution < -0.4 is 18.6 Å². The SMILES string of the molecule is Nc1ncnc2c1ncn2[C@@H]1O[C@H](COP(=O)(O)Oc2c(Cc3ccc(OS(=O)(=O)O)cc3)nc3c(Cc4ccccc4)nc(-c4ccc(OS(=O)(=O)O)cc4)cn23)[C@@H](O)[C@H]1O. The third kappa shape index (κ3) is 9.51. The van der Waals surface area contributed by atoms with Crippen molar-refractivity contribution in [1.82, 2.24) is 33.9 Å². The van der Waals surface area contributed by atoms with Crippen LogP contribution in [-0.4, -0.2) is 99.9 Å². The summed E-state index contributed by atoms with van der Waals surface area (Å²) in [6.45, 7) is -0.766. The maximum absolute atomic E-state index is 13.9. The lowest BCUT2D eigenvalue weighted by Crippen LogP contribution is -2.33. The molecule has 1 aliphatic heterocycles. The van der Waals surface area contributed by atoms with Gasteiger partial charge in [-0.2, -0.15) is 16.8 Å². The smallest absolute Gasteiger partial charge is 0.387 e. The number of phosphoric acid groups is 1. The summed E-state index contributed by atoms with van der Waals surface area (Å²) in [6.07, 6.45) is -1.85. The molecule has 1 aliphatic rings. The maximum atomic E-state index is 13.9. The van der Waals surface area contributed by atoms with Gasteiger partial charge in [0.05, 0.1) is 24.3 Å². The maximum Gasteiger partial charge on any atom is 0.528 e. The lowest BCUT2D eigenvalue weighted by Gasteiger charge is -2.18. The van der Waals surface area contributed by atoms with Gasteiger partial charge < -0.3 is 33.6 Å². The Morgan fingerprint density at radius 1 is 0.774 bits per heavy atom. The molecular formula is C36H33N8O15PS2. The Hall–Kier alpha value is -6.12. The van der Waals surface area contributed by atoms with E-state index in [1.54, 1.807) is 0 Å². The molecule has 5 heterocycles. The van der Waals surface area contributed by atoms with Crippen LogP contribution in [0.4, 0.5) is 5.82 Å². The molecule has 0 aliphatic carbocycles. The summed E-state index contributed by atoms with van der Waals surface area (Å²) in [6, 6.07) is 20.0. The Kier molecular flexibility index (Phi) is 11.4. The Labute approximate surface area is 350 Å². The molecule has 0 bridgehead atoms. The van der Waals surface area contributed by atoms with Crippen molar-refractivity contribution in [2.75, 3.05) is 12.3 Å². The molecule has 1 unspecified atom stereocenters. The molecule has 1 saturated heterocycles. The van der Waals surface area contributed by atoms with Gasteiger partial charge in [0.2, 0.25) is 5.88 Å². The van der Waals surface area contributed by atoms with Crippen molar-refractivity contribution in [2.24, 2.45) is 0 Å². The van der Waals surface area contributed by atoms with Gasteiger partial charge >= 0.3 is 28.6 Å². The number of aliphatic hydroxyl groups is 2. The van der Waals surface area contributed by atoms with E-state index < -0.39 is 59.8 Å². The van der Waals surface area contributed by atoms with Crippen molar-refractivity contribution < 1.29 is 67.8 Å².